The van der Waals surface area contributed by atoms with Gasteiger partial charge < -0.3 is 4.90 Å². The van der Waals surface area contributed by atoms with E-state index < -0.39 is 0 Å². The van der Waals surface area contributed by atoms with Gasteiger partial charge in [0.05, 0.1) is 17.1 Å². The lowest BCUT2D eigenvalue weighted by Gasteiger charge is -2.61. The third-order valence-electron chi connectivity index (χ3n) is 13.3. The summed E-state index contributed by atoms with van der Waals surface area (Å²) in [4.78, 5) is 2.62. The average Bonchev–Trinajstić information content (AvgIpc) is 3.49. The molecule has 0 saturated heterocycles. The molecule has 5 aliphatic rings. The van der Waals surface area contributed by atoms with Gasteiger partial charge in [0.1, 0.15) is 0 Å². The number of hydrogen-bond donors (Lipinski definition) is 0. The molecule has 1 heteroatoms. The van der Waals surface area contributed by atoms with Gasteiger partial charge in [-0.05, 0) is 113 Å². The van der Waals surface area contributed by atoms with E-state index in [-0.39, 0.29) is 5.41 Å². The highest BCUT2D eigenvalue weighted by molar-refractivity contribution is 6.09. The maximum absolute atomic E-state index is 2.62. The van der Waals surface area contributed by atoms with Crippen LogP contribution in [0.15, 0.2) is 164 Å². The molecule has 0 amide bonds. The van der Waals surface area contributed by atoms with E-state index in [1.165, 1.54) is 93.3 Å². The minimum absolute atomic E-state index is 0.110. The van der Waals surface area contributed by atoms with Gasteiger partial charge in [-0.1, -0.05) is 146 Å². The smallest absolute Gasteiger partial charge is 0.0543 e. The molecule has 1 spiro atoms. The molecule has 0 atom stereocenters. The van der Waals surface area contributed by atoms with E-state index in [0.29, 0.717) is 0 Å². The normalized spacial score (nSPS) is 23.8. The van der Waals surface area contributed by atoms with Crippen molar-refractivity contribution >= 4 is 27.8 Å². The highest BCUT2D eigenvalue weighted by atomic mass is 15.1. The van der Waals surface area contributed by atoms with Crippen molar-refractivity contribution < 1.29 is 0 Å². The van der Waals surface area contributed by atoms with Crippen molar-refractivity contribution in [3.63, 3.8) is 0 Å². The Morgan fingerprint density at radius 1 is 0.373 bits per heavy atom. The Morgan fingerprint density at radius 2 is 0.922 bits per heavy atom. The van der Waals surface area contributed by atoms with Crippen molar-refractivity contribution in [3.8, 4) is 33.4 Å². The number of fused-ring (bicyclic) bond motifs is 4. The number of para-hydroxylation sites is 1. The minimum Gasteiger partial charge on any atom is -0.309 e. The number of nitrogens with zero attached hydrogens (tertiary/aromatic N) is 1. The monoisotopic (exact) mass is 655 g/mol. The van der Waals surface area contributed by atoms with Crippen LogP contribution in [-0.2, 0) is 5.41 Å². The molecule has 0 radical (unpaired) electrons. The summed E-state index contributed by atoms with van der Waals surface area (Å²) in [6.07, 6.45) is 7.01. The van der Waals surface area contributed by atoms with E-state index in [1.54, 1.807) is 11.1 Å². The van der Waals surface area contributed by atoms with Gasteiger partial charge in [0, 0.05) is 21.9 Å². The zero-order chi connectivity index (χ0) is 33.5. The van der Waals surface area contributed by atoms with Crippen molar-refractivity contribution in [2.24, 2.45) is 23.7 Å². The number of hydrogen-bond acceptors (Lipinski definition) is 1. The summed E-state index contributed by atoms with van der Waals surface area (Å²) in [5.41, 5.74) is 14.9. The number of rotatable bonds is 5. The molecule has 246 valence electrons. The van der Waals surface area contributed by atoms with Crippen LogP contribution in [0.4, 0.5) is 17.1 Å². The first kappa shape index (κ1) is 29.3. The zero-order valence-electron chi connectivity index (χ0n) is 28.9. The molecule has 5 aliphatic carbocycles. The summed E-state index contributed by atoms with van der Waals surface area (Å²) in [6, 6.07) is 61.4. The molecule has 12 rings (SSSR count). The molecule has 7 aromatic rings. The molecule has 0 heterocycles. The van der Waals surface area contributed by atoms with Crippen LogP contribution < -0.4 is 4.90 Å². The fourth-order valence-corrected chi connectivity index (χ4v) is 11.6. The SMILES string of the molecule is c1ccc(-c2ccccc2N(c2cccc3c2-c2ccccc2C32C3CC4CC(C3)CC2C4)c2ccc(-c3ccccc3)c3ccccc23)cc1. The predicted octanol–water partition coefficient (Wildman–Crippen LogP) is 13.4. The zero-order valence-corrected chi connectivity index (χ0v) is 28.9. The molecule has 51 heavy (non-hydrogen) atoms. The molecule has 7 aromatic carbocycles. The Bertz CT molecular complexity index is 2410. The first-order valence-electron chi connectivity index (χ1n) is 19.0. The predicted molar refractivity (Wildman–Crippen MR) is 213 cm³/mol. The van der Waals surface area contributed by atoms with Crippen LogP contribution in [0.25, 0.3) is 44.2 Å². The molecule has 4 saturated carbocycles. The maximum Gasteiger partial charge on any atom is 0.0543 e. The highest BCUT2D eigenvalue weighted by Crippen LogP contribution is 2.70. The van der Waals surface area contributed by atoms with Crippen molar-refractivity contribution in [2.45, 2.75) is 37.5 Å². The molecular weight excluding hydrogens is 615 g/mol. The fraction of sp³-hybridized carbons (Fsp3) is 0.200. The quantitative estimate of drug-likeness (QED) is 0.178. The van der Waals surface area contributed by atoms with Crippen LogP contribution in [-0.4, -0.2) is 0 Å². The molecule has 4 fully saturated rings. The summed E-state index contributed by atoms with van der Waals surface area (Å²) in [6.45, 7) is 0. The molecule has 4 bridgehead atoms. The topological polar surface area (TPSA) is 3.24 Å². The minimum atomic E-state index is 0.110. The van der Waals surface area contributed by atoms with Crippen molar-refractivity contribution in [1.29, 1.82) is 0 Å². The first-order valence-corrected chi connectivity index (χ1v) is 19.0. The Balaban J connectivity index is 1.21. The Hall–Kier alpha value is -5.40. The Morgan fingerprint density at radius 3 is 1.65 bits per heavy atom. The van der Waals surface area contributed by atoms with Gasteiger partial charge in [0.2, 0.25) is 0 Å². The van der Waals surface area contributed by atoms with Crippen LogP contribution in [0.2, 0.25) is 0 Å². The second kappa shape index (κ2) is 11.3. The van der Waals surface area contributed by atoms with Crippen LogP contribution in [0, 0.1) is 23.7 Å². The van der Waals surface area contributed by atoms with E-state index in [1.807, 2.05) is 0 Å². The third kappa shape index (κ3) is 4.21. The Kier molecular flexibility index (Phi) is 6.50. The second-order valence-electron chi connectivity index (χ2n) is 15.7. The van der Waals surface area contributed by atoms with E-state index in [0.717, 1.165) is 23.7 Å². The summed E-state index contributed by atoms with van der Waals surface area (Å²) >= 11 is 0. The summed E-state index contributed by atoms with van der Waals surface area (Å²) in [5.74, 6) is 3.28. The lowest BCUT2D eigenvalue weighted by atomic mass is 9.43. The van der Waals surface area contributed by atoms with Gasteiger partial charge in [-0.15, -0.1) is 0 Å². The first-order chi connectivity index (χ1) is 25.3. The molecular formula is C50H41N. The van der Waals surface area contributed by atoms with E-state index in [2.05, 4.69) is 169 Å². The number of anilines is 3. The summed E-state index contributed by atoms with van der Waals surface area (Å²) in [5, 5.41) is 2.53. The van der Waals surface area contributed by atoms with E-state index in [9.17, 15) is 0 Å². The molecule has 0 unspecified atom stereocenters. The second-order valence-corrected chi connectivity index (χ2v) is 15.7. The maximum atomic E-state index is 2.62. The highest BCUT2D eigenvalue weighted by Gasteiger charge is 2.61. The van der Waals surface area contributed by atoms with Crippen molar-refractivity contribution in [2.75, 3.05) is 4.90 Å². The fourth-order valence-electron chi connectivity index (χ4n) is 11.6. The molecule has 0 aromatic heterocycles. The molecule has 0 N–H and O–H groups in total. The van der Waals surface area contributed by atoms with Gasteiger partial charge in [0.15, 0.2) is 0 Å². The third-order valence-corrected chi connectivity index (χ3v) is 13.3. The van der Waals surface area contributed by atoms with Crippen LogP contribution in [0.1, 0.15) is 43.2 Å². The van der Waals surface area contributed by atoms with Crippen LogP contribution in [0.3, 0.4) is 0 Å². The van der Waals surface area contributed by atoms with E-state index >= 15 is 0 Å². The van der Waals surface area contributed by atoms with Gasteiger partial charge >= 0.3 is 0 Å². The van der Waals surface area contributed by atoms with Crippen LogP contribution in [0.5, 0.6) is 0 Å². The molecule has 1 nitrogen and oxygen atoms in total. The van der Waals surface area contributed by atoms with Crippen LogP contribution >= 0.6 is 0 Å². The summed E-state index contributed by atoms with van der Waals surface area (Å²) in [7, 11) is 0. The lowest BCUT2D eigenvalue weighted by Crippen LogP contribution is -2.55. The van der Waals surface area contributed by atoms with Gasteiger partial charge in [-0.2, -0.15) is 0 Å². The largest absolute Gasteiger partial charge is 0.309 e. The van der Waals surface area contributed by atoms with Crippen molar-refractivity contribution in [3.05, 3.63) is 175 Å². The molecule has 0 aliphatic heterocycles. The average molecular weight is 656 g/mol. The van der Waals surface area contributed by atoms with Crippen molar-refractivity contribution in [1.82, 2.24) is 0 Å². The van der Waals surface area contributed by atoms with E-state index in [4.69, 9.17) is 0 Å². The standard InChI is InChI=1S/C50H41N/c1-3-14-35(15-4-1)39-26-27-47(42-20-8-7-19-41(39)42)51(46-24-12-10-18-40(46)36-16-5-2-6-17-36)48-25-13-23-45-49(48)43-21-9-11-22-44(43)50(45)37-29-33-28-34(31-37)32-38(50)30-33/h1-27,33-34,37-38H,28-32H2. The summed E-state index contributed by atoms with van der Waals surface area (Å²) < 4.78 is 0. The number of benzene rings is 7. The lowest BCUT2D eigenvalue weighted by molar-refractivity contribution is -0.0399. The van der Waals surface area contributed by atoms with Gasteiger partial charge in [-0.3, -0.25) is 0 Å². The Labute approximate surface area is 301 Å². The van der Waals surface area contributed by atoms with Gasteiger partial charge in [0.25, 0.3) is 0 Å². The van der Waals surface area contributed by atoms with Gasteiger partial charge in [-0.25, -0.2) is 0 Å².